The molecular formula is C16H33N. The first-order valence-corrected chi connectivity index (χ1v) is 7.85. The van der Waals surface area contributed by atoms with Gasteiger partial charge in [-0.15, -0.1) is 0 Å². The van der Waals surface area contributed by atoms with Gasteiger partial charge < -0.3 is 5.32 Å². The van der Waals surface area contributed by atoms with Crippen LogP contribution in [0.2, 0.25) is 0 Å². The Labute approximate surface area is 109 Å². The van der Waals surface area contributed by atoms with Gasteiger partial charge in [-0.2, -0.15) is 0 Å². The van der Waals surface area contributed by atoms with Gasteiger partial charge in [-0.1, -0.05) is 53.4 Å². The van der Waals surface area contributed by atoms with Crippen LogP contribution >= 0.6 is 0 Å². The molecule has 0 saturated heterocycles. The first-order valence-electron chi connectivity index (χ1n) is 7.85. The van der Waals surface area contributed by atoms with Crippen molar-refractivity contribution >= 4 is 0 Å². The zero-order valence-corrected chi connectivity index (χ0v) is 12.5. The van der Waals surface area contributed by atoms with Gasteiger partial charge in [-0.3, -0.25) is 0 Å². The van der Waals surface area contributed by atoms with E-state index in [-0.39, 0.29) is 0 Å². The number of hydrogen-bond donors (Lipinski definition) is 1. The summed E-state index contributed by atoms with van der Waals surface area (Å²) < 4.78 is 0. The molecular weight excluding hydrogens is 206 g/mol. The summed E-state index contributed by atoms with van der Waals surface area (Å²) >= 11 is 0. The molecule has 0 aliphatic heterocycles. The molecule has 0 amide bonds. The lowest BCUT2D eigenvalue weighted by Gasteiger charge is -2.43. The first-order chi connectivity index (χ1) is 8.11. The lowest BCUT2D eigenvalue weighted by molar-refractivity contribution is 0.0937. The molecule has 17 heavy (non-hydrogen) atoms. The van der Waals surface area contributed by atoms with Gasteiger partial charge in [0.25, 0.3) is 0 Å². The van der Waals surface area contributed by atoms with Crippen molar-refractivity contribution in [2.24, 2.45) is 11.3 Å². The number of nitrogens with one attached hydrogen (secondary N) is 1. The third-order valence-electron chi connectivity index (χ3n) is 4.60. The van der Waals surface area contributed by atoms with Crippen LogP contribution in [-0.2, 0) is 0 Å². The Morgan fingerprint density at radius 2 is 1.94 bits per heavy atom. The Morgan fingerprint density at radius 1 is 1.18 bits per heavy atom. The molecule has 0 spiro atoms. The second kappa shape index (κ2) is 7.41. The lowest BCUT2D eigenvalue weighted by Crippen LogP contribution is -2.45. The molecule has 0 aromatic heterocycles. The van der Waals surface area contributed by atoms with E-state index in [4.69, 9.17) is 0 Å². The fourth-order valence-corrected chi connectivity index (χ4v) is 3.47. The van der Waals surface area contributed by atoms with Crippen molar-refractivity contribution in [2.45, 2.75) is 85.1 Å². The Hall–Kier alpha value is -0.0400. The van der Waals surface area contributed by atoms with Crippen molar-refractivity contribution in [1.29, 1.82) is 0 Å². The first kappa shape index (κ1) is 15.0. The zero-order chi connectivity index (χ0) is 12.7. The van der Waals surface area contributed by atoms with E-state index in [1.54, 1.807) is 0 Å². The number of unbranched alkanes of at least 4 members (excludes halogenated alkanes) is 1. The average Bonchev–Trinajstić information content (AvgIpc) is 2.30. The van der Waals surface area contributed by atoms with Gasteiger partial charge in [0, 0.05) is 6.04 Å². The predicted octanol–water partition coefficient (Wildman–Crippen LogP) is 4.76. The fourth-order valence-electron chi connectivity index (χ4n) is 3.47. The molecule has 1 aliphatic carbocycles. The molecule has 1 heteroatoms. The standard InChI is InChI=1S/C16H33N/c1-5-7-11-15(17-13-6-2)14-10-8-9-12-16(14,3)4/h14-15,17H,5-13H2,1-4H3. The Kier molecular flexibility index (Phi) is 6.54. The van der Waals surface area contributed by atoms with Crippen LogP contribution in [0, 0.1) is 11.3 Å². The summed E-state index contributed by atoms with van der Waals surface area (Å²) in [4.78, 5) is 0. The lowest BCUT2D eigenvalue weighted by atomic mass is 9.65. The topological polar surface area (TPSA) is 12.0 Å². The normalized spacial score (nSPS) is 25.8. The SMILES string of the molecule is CCCCC(NCCC)C1CCCCC1(C)C. The minimum Gasteiger partial charge on any atom is -0.314 e. The maximum Gasteiger partial charge on any atom is 0.0100 e. The van der Waals surface area contributed by atoms with E-state index in [0.717, 1.165) is 12.0 Å². The van der Waals surface area contributed by atoms with Crippen LogP contribution in [0.1, 0.15) is 79.1 Å². The Balaban J connectivity index is 2.58. The molecule has 0 aromatic rings. The summed E-state index contributed by atoms with van der Waals surface area (Å²) in [5.74, 6) is 0.898. The molecule has 1 rings (SSSR count). The third-order valence-corrected chi connectivity index (χ3v) is 4.60. The molecule has 2 unspecified atom stereocenters. The van der Waals surface area contributed by atoms with Crippen LogP contribution in [-0.4, -0.2) is 12.6 Å². The van der Waals surface area contributed by atoms with Crippen molar-refractivity contribution in [2.75, 3.05) is 6.54 Å². The van der Waals surface area contributed by atoms with E-state index in [2.05, 4.69) is 33.0 Å². The van der Waals surface area contributed by atoms with Gasteiger partial charge in [-0.25, -0.2) is 0 Å². The van der Waals surface area contributed by atoms with Crippen LogP contribution < -0.4 is 5.32 Å². The molecule has 1 fully saturated rings. The minimum atomic E-state index is 0.553. The Bertz CT molecular complexity index is 190. The second-order valence-corrected chi connectivity index (χ2v) is 6.54. The largest absolute Gasteiger partial charge is 0.314 e. The fraction of sp³-hybridized carbons (Fsp3) is 1.00. The molecule has 102 valence electrons. The van der Waals surface area contributed by atoms with Crippen molar-refractivity contribution < 1.29 is 0 Å². The van der Waals surface area contributed by atoms with E-state index in [1.807, 2.05) is 0 Å². The van der Waals surface area contributed by atoms with Gasteiger partial charge in [0.1, 0.15) is 0 Å². The summed E-state index contributed by atoms with van der Waals surface area (Å²) in [5, 5.41) is 3.83. The average molecular weight is 239 g/mol. The second-order valence-electron chi connectivity index (χ2n) is 6.54. The van der Waals surface area contributed by atoms with E-state index in [9.17, 15) is 0 Å². The van der Waals surface area contributed by atoms with Crippen molar-refractivity contribution in [1.82, 2.24) is 5.32 Å². The van der Waals surface area contributed by atoms with Crippen molar-refractivity contribution in [3.63, 3.8) is 0 Å². The molecule has 0 radical (unpaired) electrons. The highest BCUT2D eigenvalue weighted by Crippen LogP contribution is 2.43. The summed E-state index contributed by atoms with van der Waals surface area (Å²) in [6.07, 6.45) is 11.1. The van der Waals surface area contributed by atoms with E-state index < -0.39 is 0 Å². The maximum absolute atomic E-state index is 3.83. The summed E-state index contributed by atoms with van der Waals surface area (Å²) in [5.41, 5.74) is 0.553. The van der Waals surface area contributed by atoms with Crippen LogP contribution in [0.4, 0.5) is 0 Å². The van der Waals surface area contributed by atoms with E-state index in [1.165, 1.54) is 57.9 Å². The van der Waals surface area contributed by atoms with E-state index in [0.29, 0.717) is 5.41 Å². The van der Waals surface area contributed by atoms with Gasteiger partial charge in [0.2, 0.25) is 0 Å². The van der Waals surface area contributed by atoms with Crippen molar-refractivity contribution in [3.8, 4) is 0 Å². The monoisotopic (exact) mass is 239 g/mol. The van der Waals surface area contributed by atoms with Gasteiger partial charge in [0.15, 0.2) is 0 Å². The smallest absolute Gasteiger partial charge is 0.0100 e. The highest BCUT2D eigenvalue weighted by Gasteiger charge is 2.36. The highest BCUT2D eigenvalue weighted by atomic mass is 14.9. The zero-order valence-electron chi connectivity index (χ0n) is 12.5. The minimum absolute atomic E-state index is 0.553. The number of rotatable bonds is 7. The number of hydrogen-bond acceptors (Lipinski definition) is 1. The van der Waals surface area contributed by atoms with E-state index >= 15 is 0 Å². The van der Waals surface area contributed by atoms with Crippen molar-refractivity contribution in [3.05, 3.63) is 0 Å². The molecule has 1 nitrogen and oxygen atoms in total. The maximum atomic E-state index is 3.83. The molecule has 1 aliphatic rings. The molecule has 1 saturated carbocycles. The van der Waals surface area contributed by atoms with Crippen LogP contribution in [0.15, 0.2) is 0 Å². The molecule has 0 aromatic carbocycles. The van der Waals surface area contributed by atoms with Gasteiger partial charge in [0.05, 0.1) is 0 Å². The quantitative estimate of drug-likeness (QED) is 0.675. The van der Waals surface area contributed by atoms with Gasteiger partial charge >= 0.3 is 0 Å². The third kappa shape index (κ3) is 4.62. The summed E-state index contributed by atoms with van der Waals surface area (Å²) in [6.45, 7) is 10.8. The molecule has 2 atom stereocenters. The summed E-state index contributed by atoms with van der Waals surface area (Å²) in [7, 11) is 0. The summed E-state index contributed by atoms with van der Waals surface area (Å²) in [6, 6.07) is 0.769. The predicted molar refractivity (Wildman–Crippen MR) is 77.3 cm³/mol. The Morgan fingerprint density at radius 3 is 2.53 bits per heavy atom. The molecule has 0 heterocycles. The van der Waals surface area contributed by atoms with Gasteiger partial charge in [-0.05, 0) is 43.6 Å². The molecule has 0 bridgehead atoms. The van der Waals surface area contributed by atoms with Crippen LogP contribution in [0.3, 0.4) is 0 Å². The van der Waals surface area contributed by atoms with Crippen LogP contribution in [0.5, 0.6) is 0 Å². The highest BCUT2D eigenvalue weighted by molar-refractivity contribution is 4.90. The van der Waals surface area contributed by atoms with Crippen LogP contribution in [0.25, 0.3) is 0 Å². The molecule has 1 N–H and O–H groups in total.